The van der Waals surface area contributed by atoms with E-state index in [1.165, 1.54) is 64.2 Å². The molecule has 1 fully saturated rings. The lowest BCUT2D eigenvalue weighted by molar-refractivity contribution is 0.465. The van der Waals surface area contributed by atoms with Crippen LogP contribution in [0.5, 0.6) is 0 Å². The number of hydrogen-bond acceptors (Lipinski definition) is 0. The van der Waals surface area contributed by atoms with E-state index < -0.39 is 0 Å². The topological polar surface area (TPSA) is 0 Å². The summed E-state index contributed by atoms with van der Waals surface area (Å²) in [7, 11) is 0. The maximum atomic E-state index is 2.52. The number of unbranched alkanes of at least 4 members (excludes halogenated alkanes) is 6. The summed E-state index contributed by atoms with van der Waals surface area (Å²) in [6.45, 7) is 2.29. The molecule has 0 nitrogen and oxygen atoms in total. The summed E-state index contributed by atoms with van der Waals surface area (Å²) in [6, 6.07) is 0. The summed E-state index contributed by atoms with van der Waals surface area (Å²) in [4.78, 5) is 0. The van der Waals surface area contributed by atoms with Gasteiger partial charge >= 0.3 is 0 Å². The van der Waals surface area contributed by atoms with Gasteiger partial charge in [0.15, 0.2) is 0 Å². The van der Waals surface area contributed by atoms with E-state index in [4.69, 9.17) is 0 Å². The summed E-state index contributed by atoms with van der Waals surface area (Å²) < 4.78 is 0. The minimum Gasteiger partial charge on any atom is -0.0882 e. The third-order valence-electron chi connectivity index (χ3n) is 4.44. The molecular weight excluding hydrogens is 204 g/mol. The van der Waals surface area contributed by atoms with Gasteiger partial charge in [0.25, 0.3) is 0 Å². The van der Waals surface area contributed by atoms with Crippen LogP contribution in [0.1, 0.15) is 71.1 Å². The first-order valence-corrected chi connectivity index (χ1v) is 7.74. The Bertz CT molecular complexity index is 272. The molecule has 96 valence electrons. The molecule has 2 rings (SSSR count). The van der Waals surface area contributed by atoms with Crippen molar-refractivity contribution in [3.05, 3.63) is 23.8 Å². The zero-order valence-corrected chi connectivity index (χ0v) is 11.5. The van der Waals surface area contributed by atoms with E-state index in [0.29, 0.717) is 0 Å². The molecule has 2 aliphatic carbocycles. The zero-order chi connectivity index (χ0) is 11.9. The van der Waals surface area contributed by atoms with Crippen molar-refractivity contribution < 1.29 is 0 Å². The molecule has 2 atom stereocenters. The van der Waals surface area contributed by atoms with Crippen molar-refractivity contribution in [2.75, 3.05) is 0 Å². The second-order valence-electron chi connectivity index (χ2n) is 5.91. The van der Waals surface area contributed by atoms with Gasteiger partial charge in [-0.15, -0.1) is 0 Å². The van der Waals surface area contributed by atoms with Gasteiger partial charge in [-0.25, -0.2) is 0 Å². The quantitative estimate of drug-likeness (QED) is 0.375. The van der Waals surface area contributed by atoms with Crippen molar-refractivity contribution in [1.82, 2.24) is 0 Å². The van der Waals surface area contributed by atoms with Gasteiger partial charge in [-0.1, -0.05) is 62.8 Å². The molecule has 0 amide bonds. The van der Waals surface area contributed by atoms with Crippen LogP contribution in [0.2, 0.25) is 0 Å². The Kier molecular flexibility index (Phi) is 5.35. The standard InChI is InChI=1S/C17H28/c1-2-3-4-5-6-7-8-9-10-16-13-15-11-12-17(16)14-15/h9-11,16-17H,2-8,12-14H2,1H3. The molecule has 2 unspecified atom stereocenters. The molecule has 0 aromatic carbocycles. The van der Waals surface area contributed by atoms with Crippen molar-refractivity contribution in [2.24, 2.45) is 11.8 Å². The van der Waals surface area contributed by atoms with Gasteiger partial charge in [0.05, 0.1) is 0 Å². The maximum absolute atomic E-state index is 2.52. The fourth-order valence-electron chi connectivity index (χ4n) is 3.32. The molecule has 0 spiro atoms. The predicted molar refractivity (Wildman–Crippen MR) is 76.0 cm³/mol. The Morgan fingerprint density at radius 2 is 1.94 bits per heavy atom. The second kappa shape index (κ2) is 7.03. The lowest BCUT2D eigenvalue weighted by Gasteiger charge is -2.14. The van der Waals surface area contributed by atoms with Gasteiger partial charge in [-0.3, -0.25) is 0 Å². The van der Waals surface area contributed by atoms with E-state index in [9.17, 15) is 0 Å². The van der Waals surface area contributed by atoms with E-state index in [1.807, 2.05) is 0 Å². The first kappa shape index (κ1) is 12.9. The van der Waals surface area contributed by atoms with Crippen LogP contribution >= 0.6 is 0 Å². The average molecular weight is 232 g/mol. The molecule has 17 heavy (non-hydrogen) atoms. The third-order valence-corrected chi connectivity index (χ3v) is 4.44. The van der Waals surface area contributed by atoms with Gasteiger partial charge < -0.3 is 0 Å². The molecule has 1 saturated carbocycles. The van der Waals surface area contributed by atoms with Crippen LogP contribution in [0.3, 0.4) is 0 Å². The molecule has 0 heterocycles. The molecular formula is C17H28. The van der Waals surface area contributed by atoms with Gasteiger partial charge in [-0.2, -0.15) is 0 Å². The molecule has 0 aliphatic heterocycles. The highest BCUT2D eigenvalue weighted by atomic mass is 14.4. The average Bonchev–Trinajstić information content (AvgIpc) is 2.94. The number of hydrogen-bond donors (Lipinski definition) is 0. The molecule has 0 heteroatoms. The van der Waals surface area contributed by atoms with Gasteiger partial charge in [0.1, 0.15) is 0 Å². The highest BCUT2D eigenvalue weighted by Gasteiger charge is 2.31. The van der Waals surface area contributed by atoms with Crippen molar-refractivity contribution in [3.63, 3.8) is 0 Å². The van der Waals surface area contributed by atoms with Crippen LogP contribution in [0.25, 0.3) is 0 Å². The minimum atomic E-state index is 0.898. The fourth-order valence-corrected chi connectivity index (χ4v) is 3.32. The van der Waals surface area contributed by atoms with E-state index in [1.54, 1.807) is 5.57 Å². The summed E-state index contributed by atoms with van der Waals surface area (Å²) in [5.41, 5.74) is 1.74. The lowest BCUT2D eigenvalue weighted by atomic mass is 9.91. The molecule has 0 radical (unpaired) electrons. The summed E-state index contributed by atoms with van der Waals surface area (Å²) >= 11 is 0. The molecule has 0 saturated heterocycles. The molecule has 0 aromatic rings. The normalized spacial score (nSPS) is 27.0. The first-order valence-electron chi connectivity index (χ1n) is 7.74. The Morgan fingerprint density at radius 1 is 1.12 bits per heavy atom. The molecule has 2 bridgehead atoms. The minimum absolute atomic E-state index is 0.898. The van der Waals surface area contributed by atoms with Crippen molar-refractivity contribution in [2.45, 2.75) is 71.1 Å². The van der Waals surface area contributed by atoms with Crippen molar-refractivity contribution in [1.29, 1.82) is 0 Å². The van der Waals surface area contributed by atoms with Crippen LogP contribution in [0, 0.1) is 11.8 Å². The Hall–Kier alpha value is -0.520. The second-order valence-corrected chi connectivity index (χ2v) is 5.91. The SMILES string of the molecule is CCCCCCCCC=CC1CC2=CCC1C2. The smallest absolute Gasteiger partial charge is 0.0162 e. The van der Waals surface area contributed by atoms with E-state index in [2.05, 4.69) is 25.2 Å². The van der Waals surface area contributed by atoms with Crippen LogP contribution in [-0.4, -0.2) is 0 Å². The Morgan fingerprint density at radius 3 is 2.65 bits per heavy atom. The third kappa shape index (κ3) is 4.01. The van der Waals surface area contributed by atoms with E-state index in [-0.39, 0.29) is 0 Å². The van der Waals surface area contributed by atoms with Crippen LogP contribution in [0.15, 0.2) is 23.8 Å². The number of allylic oxidation sites excluding steroid dienone is 4. The van der Waals surface area contributed by atoms with Crippen LogP contribution in [-0.2, 0) is 0 Å². The van der Waals surface area contributed by atoms with Gasteiger partial charge in [0, 0.05) is 0 Å². The number of rotatable bonds is 8. The predicted octanol–water partition coefficient (Wildman–Crippen LogP) is 5.65. The van der Waals surface area contributed by atoms with E-state index >= 15 is 0 Å². The fraction of sp³-hybridized carbons (Fsp3) is 0.765. The highest BCUT2D eigenvalue weighted by molar-refractivity contribution is 5.21. The summed E-state index contributed by atoms with van der Waals surface area (Å²) in [5.74, 6) is 1.88. The zero-order valence-electron chi connectivity index (χ0n) is 11.5. The lowest BCUT2D eigenvalue weighted by Crippen LogP contribution is -2.03. The largest absolute Gasteiger partial charge is 0.0882 e. The van der Waals surface area contributed by atoms with Gasteiger partial charge in [0.2, 0.25) is 0 Å². The van der Waals surface area contributed by atoms with Crippen molar-refractivity contribution in [3.8, 4) is 0 Å². The molecule has 0 N–H and O–H groups in total. The summed E-state index contributed by atoms with van der Waals surface area (Å²) in [5, 5.41) is 0. The summed E-state index contributed by atoms with van der Waals surface area (Å²) in [6.07, 6.45) is 21.4. The Labute approximate surface area is 107 Å². The maximum Gasteiger partial charge on any atom is -0.0162 e. The first-order chi connectivity index (χ1) is 8.40. The van der Waals surface area contributed by atoms with Gasteiger partial charge in [-0.05, 0) is 43.9 Å². The monoisotopic (exact) mass is 232 g/mol. The number of fused-ring (bicyclic) bond motifs is 2. The highest BCUT2D eigenvalue weighted by Crippen LogP contribution is 2.44. The molecule has 2 aliphatic rings. The van der Waals surface area contributed by atoms with E-state index in [0.717, 1.165) is 11.8 Å². The van der Waals surface area contributed by atoms with Crippen LogP contribution < -0.4 is 0 Å². The molecule has 0 aromatic heterocycles. The Balaban J connectivity index is 1.49. The van der Waals surface area contributed by atoms with Crippen LogP contribution in [0.4, 0.5) is 0 Å². The van der Waals surface area contributed by atoms with Crippen molar-refractivity contribution >= 4 is 0 Å².